The van der Waals surface area contributed by atoms with Crippen LogP contribution >= 0.6 is 0 Å². The van der Waals surface area contributed by atoms with E-state index in [1.165, 1.54) is 10.7 Å². The molecule has 2 rings (SSSR count). The van der Waals surface area contributed by atoms with Gasteiger partial charge in [0, 0.05) is 19.7 Å². The van der Waals surface area contributed by atoms with Crippen molar-refractivity contribution in [1.82, 2.24) is 14.7 Å². The van der Waals surface area contributed by atoms with Gasteiger partial charge in [0.1, 0.15) is 5.69 Å². The molecule has 0 saturated heterocycles. The van der Waals surface area contributed by atoms with Crippen molar-refractivity contribution in [2.75, 3.05) is 18.9 Å². The Morgan fingerprint density at radius 1 is 1.60 bits per heavy atom. The van der Waals surface area contributed by atoms with Crippen molar-refractivity contribution in [2.24, 2.45) is 0 Å². The summed E-state index contributed by atoms with van der Waals surface area (Å²) in [4.78, 5) is 23.5. The monoisotopic (exact) mass is 210 g/mol. The van der Waals surface area contributed by atoms with Gasteiger partial charge in [0.15, 0.2) is 5.82 Å². The Hall–Kier alpha value is -2.05. The predicted octanol–water partition coefficient (Wildman–Crippen LogP) is 0.0586. The lowest BCUT2D eigenvalue weighted by molar-refractivity contribution is 0.0743. The Morgan fingerprint density at radius 2 is 2.33 bits per heavy atom. The number of carbonyl (C=O) groups excluding carboxylic acids is 1. The van der Waals surface area contributed by atoms with E-state index in [1.54, 1.807) is 11.9 Å². The summed E-state index contributed by atoms with van der Waals surface area (Å²) in [7, 11) is 1.70. The van der Waals surface area contributed by atoms with E-state index in [0.717, 1.165) is 0 Å². The molecule has 2 heterocycles. The standard InChI is InChI=1S/C8H10N4O3/c1-11-2-3-12-5(7(11)13)4-6(10-12)9-8(14)15/h4H,2-3H2,1H3,(H,9,10)(H,14,15). The third-order valence-electron chi connectivity index (χ3n) is 2.23. The SMILES string of the molecule is CN1CCn2nc(NC(=O)O)cc2C1=O. The number of hydrogen-bond donors (Lipinski definition) is 2. The van der Waals surface area contributed by atoms with Gasteiger partial charge in [0.2, 0.25) is 0 Å². The van der Waals surface area contributed by atoms with Gasteiger partial charge >= 0.3 is 6.09 Å². The summed E-state index contributed by atoms with van der Waals surface area (Å²) in [5, 5.41) is 14.6. The molecular formula is C8H10N4O3. The fourth-order valence-corrected chi connectivity index (χ4v) is 1.47. The third-order valence-corrected chi connectivity index (χ3v) is 2.23. The van der Waals surface area contributed by atoms with Crippen LogP contribution in [0.3, 0.4) is 0 Å². The molecule has 0 aromatic carbocycles. The van der Waals surface area contributed by atoms with Crippen LogP contribution in [0.25, 0.3) is 0 Å². The smallest absolute Gasteiger partial charge is 0.410 e. The van der Waals surface area contributed by atoms with Crippen molar-refractivity contribution >= 4 is 17.8 Å². The van der Waals surface area contributed by atoms with Gasteiger partial charge in [0.25, 0.3) is 5.91 Å². The van der Waals surface area contributed by atoms with Crippen LogP contribution < -0.4 is 5.32 Å². The van der Waals surface area contributed by atoms with Crippen LogP contribution in [0.1, 0.15) is 10.5 Å². The molecule has 0 spiro atoms. The molecule has 1 aromatic rings. The lowest BCUT2D eigenvalue weighted by Gasteiger charge is -2.22. The summed E-state index contributed by atoms with van der Waals surface area (Å²) in [6.45, 7) is 1.17. The second-order valence-electron chi connectivity index (χ2n) is 3.29. The summed E-state index contributed by atoms with van der Waals surface area (Å²) in [6, 6.07) is 1.44. The molecule has 2 N–H and O–H groups in total. The number of hydrogen-bond acceptors (Lipinski definition) is 3. The Labute approximate surface area is 85.3 Å². The van der Waals surface area contributed by atoms with Crippen LogP contribution in [0, 0.1) is 0 Å². The largest absolute Gasteiger partial charge is 0.465 e. The summed E-state index contributed by atoms with van der Waals surface area (Å²) >= 11 is 0. The molecule has 80 valence electrons. The number of nitrogens with zero attached hydrogens (tertiary/aromatic N) is 3. The van der Waals surface area contributed by atoms with Gasteiger partial charge in [-0.15, -0.1) is 0 Å². The van der Waals surface area contributed by atoms with Gasteiger partial charge in [-0.05, 0) is 0 Å². The van der Waals surface area contributed by atoms with Gasteiger partial charge in [-0.3, -0.25) is 14.8 Å². The highest BCUT2D eigenvalue weighted by Gasteiger charge is 2.23. The Bertz CT molecular complexity index is 426. The molecular weight excluding hydrogens is 200 g/mol. The molecule has 1 aliphatic rings. The molecule has 0 unspecified atom stereocenters. The van der Waals surface area contributed by atoms with E-state index in [4.69, 9.17) is 5.11 Å². The third kappa shape index (κ3) is 1.63. The van der Waals surface area contributed by atoms with Crippen molar-refractivity contribution in [3.63, 3.8) is 0 Å². The Balaban J connectivity index is 2.31. The highest BCUT2D eigenvalue weighted by atomic mass is 16.4. The highest BCUT2D eigenvalue weighted by molar-refractivity contribution is 5.94. The van der Waals surface area contributed by atoms with Crippen molar-refractivity contribution in [1.29, 1.82) is 0 Å². The second-order valence-corrected chi connectivity index (χ2v) is 3.29. The van der Waals surface area contributed by atoms with Crippen LogP contribution in [-0.4, -0.2) is 45.4 Å². The normalized spacial score (nSPS) is 15.0. The zero-order valence-corrected chi connectivity index (χ0v) is 8.10. The number of aromatic nitrogens is 2. The minimum atomic E-state index is -1.19. The van der Waals surface area contributed by atoms with Crippen LogP contribution in [0.4, 0.5) is 10.6 Å². The fourth-order valence-electron chi connectivity index (χ4n) is 1.47. The van der Waals surface area contributed by atoms with Gasteiger partial charge in [0.05, 0.1) is 6.54 Å². The first-order valence-electron chi connectivity index (χ1n) is 4.41. The molecule has 1 aliphatic heterocycles. The topological polar surface area (TPSA) is 87.5 Å². The summed E-state index contributed by atoms with van der Waals surface area (Å²) in [5.41, 5.74) is 0.410. The van der Waals surface area contributed by atoms with Crippen LogP contribution in [0.2, 0.25) is 0 Å². The first kappa shape index (κ1) is 9.50. The van der Waals surface area contributed by atoms with Gasteiger partial charge in [-0.1, -0.05) is 0 Å². The Kier molecular flexibility index (Phi) is 2.07. The maximum atomic E-state index is 11.6. The molecule has 7 heteroatoms. The molecule has 7 nitrogen and oxygen atoms in total. The number of likely N-dealkylation sites (N-methyl/N-ethyl adjacent to an activating group) is 1. The van der Waals surface area contributed by atoms with Crippen LogP contribution in [0.15, 0.2) is 6.07 Å². The molecule has 15 heavy (non-hydrogen) atoms. The van der Waals surface area contributed by atoms with Crippen molar-refractivity contribution < 1.29 is 14.7 Å². The summed E-state index contributed by atoms with van der Waals surface area (Å²) in [5.74, 6) is 0.0355. The van der Waals surface area contributed by atoms with E-state index in [2.05, 4.69) is 10.4 Å². The van der Waals surface area contributed by atoms with Crippen molar-refractivity contribution in [2.45, 2.75) is 6.54 Å². The average Bonchev–Trinajstić information content (AvgIpc) is 2.54. The van der Waals surface area contributed by atoms with Gasteiger partial charge < -0.3 is 10.0 Å². The number of fused-ring (bicyclic) bond motifs is 1. The highest BCUT2D eigenvalue weighted by Crippen LogP contribution is 2.15. The molecule has 0 bridgehead atoms. The number of carbonyl (C=O) groups is 2. The van der Waals surface area contributed by atoms with Gasteiger partial charge in [-0.2, -0.15) is 5.10 Å². The lowest BCUT2D eigenvalue weighted by atomic mass is 10.3. The van der Waals surface area contributed by atoms with E-state index in [9.17, 15) is 9.59 Å². The average molecular weight is 210 g/mol. The summed E-state index contributed by atoms with van der Waals surface area (Å²) in [6.07, 6.45) is -1.19. The molecule has 0 aliphatic carbocycles. The van der Waals surface area contributed by atoms with Crippen LogP contribution in [0.5, 0.6) is 0 Å². The number of amides is 2. The molecule has 0 fully saturated rings. The van der Waals surface area contributed by atoms with Crippen molar-refractivity contribution in [3.8, 4) is 0 Å². The number of rotatable bonds is 1. The predicted molar refractivity (Wildman–Crippen MR) is 50.8 cm³/mol. The van der Waals surface area contributed by atoms with E-state index in [-0.39, 0.29) is 11.7 Å². The first-order valence-corrected chi connectivity index (χ1v) is 4.41. The maximum Gasteiger partial charge on any atom is 0.410 e. The van der Waals surface area contributed by atoms with Gasteiger partial charge in [-0.25, -0.2) is 4.79 Å². The number of nitrogens with one attached hydrogen (secondary N) is 1. The summed E-state index contributed by atoms with van der Waals surface area (Å²) < 4.78 is 1.51. The van der Waals surface area contributed by atoms with E-state index < -0.39 is 6.09 Å². The molecule has 0 saturated carbocycles. The zero-order chi connectivity index (χ0) is 11.0. The quantitative estimate of drug-likeness (QED) is 0.686. The minimum absolute atomic E-state index is 0.146. The molecule has 2 amide bonds. The molecule has 1 aromatic heterocycles. The lowest BCUT2D eigenvalue weighted by Crippen LogP contribution is -2.37. The molecule has 0 atom stereocenters. The van der Waals surface area contributed by atoms with E-state index in [0.29, 0.717) is 18.8 Å². The number of anilines is 1. The molecule has 0 radical (unpaired) electrons. The maximum absolute atomic E-state index is 11.6. The number of carboxylic acid groups (broad SMARTS) is 1. The minimum Gasteiger partial charge on any atom is -0.465 e. The fraction of sp³-hybridized carbons (Fsp3) is 0.375. The zero-order valence-electron chi connectivity index (χ0n) is 8.10. The Morgan fingerprint density at radius 3 is 3.00 bits per heavy atom. The first-order chi connectivity index (χ1) is 7.08. The van der Waals surface area contributed by atoms with Crippen molar-refractivity contribution in [3.05, 3.63) is 11.8 Å². The van der Waals surface area contributed by atoms with Crippen LogP contribution in [-0.2, 0) is 6.54 Å². The van der Waals surface area contributed by atoms with E-state index in [1.807, 2.05) is 0 Å². The van der Waals surface area contributed by atoms with E-state index >= 15 is 0 Å². The second kappa shape index (κ2) is 3.26.